The number of halogens is 1. The van der Waals surface area contributed by atoms with E-state index in [-0.39, 0.29) is 25.2 Å². The number of ether oxygens (including phenoxy) is 2. The molecule has 1 rings (SSSR count). The second-order valence-electron chi connectivity index (χ2n) is 4.28. The van der Waals surface area contributed by atoms with Gasteiger partial charge in [0.25, 0.3) is 5.91 Å². The van der Waals surface area contributed by atoms with Gasteiger partial charge in [0.05, 0.1) is 0 Å². The van der Waals surface area contributed by atoms with Gasteiger partial charge in [0, 0.05) is 11.1 Å². The lowest BCUT2D eigenvalue weighted by Crippen LogP contribution is -2.35. The molecule has 0 saturated carbocycles. The van der Waals surface area contributed by atoms with Crippen LogP contribution in [0.4, 0.5) is 0 Å². The summed E-state index contributed by atoms with van der Waals surface area (Å²) in [6.45, 7) is 3.26. The Morgan fingerprint density at radius 1 is 1.35 bits per heavy atom. The van der Waals surface area contributed by atoms with Gasteiger partial charge in [-0.05, 0) is 31.5 Å². The van der Waals surface area contributed by atoms with Gasteiger partial charge in [-0.15, -0.1) is 0 Å². The van der Waals surface area contributed by atoms with Crippen LogP contribution in [-0.4, -0.2) is 31.1 Å². The topological polar surface area (TPSA) is 64.6 Å². The smallest absolute Gasteiger partial charge is 0.344 e. The summed E-state index contributed by atoms with van der Waals surface area (Å²) in [5, 5.41) is 3.21. The fourth-order valence-electron chi connectivity index (χ4n) is 1.31. The first-order valence-corrected chi connectivity index (χ1v) is 6.72. The molecule has 0 heterocycles. The minimum Gasteiger partial charge on any atom is -0.482 e. The van der Waals surface area contributed by atoms with Crippen molar-refractivity contribution in [1.82, 2.24) is 5.32 Å². The molecule has 0 fully saturated rings. The normalized spacial score (nSPS) is 11.6. The van der Waals surface area contributed by atoms with E-state index in [1.807, 2.05) is 13.8 Å². The van der Waals surface area contributed by atoms with Gasteiger partial charge >= 0.3 is 5.97 Å². The summed E-state index contributed by atoms with van der Waals surface area (Å²) < 4.78 is 9.98. The van der Waals surface area contributed by atoms with Crippen molar-refractivity contribution in [3.05, 3.63) is 29.3 Å². The zero-order chi connectivity index (χ0) is 15.0. The van der Waals surface area contributed by atoms with Crippen molar-refractivity contribution >= 4 is 23.5 Å². The molecule has 0 aromatic heterocycles. The minimum atomic E-state index is -0.607. The van der Waals surface area contributed by atoms with Crippen LogP contribution in [0.2, 0.25) is 5.02 Å². The second kappa shape index (κ2) is 8.43. The van der Waals surface area contributed by atoms with E-state index in [4.69, 9.17) is 21.1 Å². The van der Waals surface area contributed by atoms with Crippen molar-refractivity contribution < 1.29 is 19.1 Å². The lowest BCUT2D eigenvalue weighted by Gasteiger charge is -2.11. The fraction of sp³-hybridized carbons (Fsp3) is 0.429. The number of rotatable bonds is 7. The fourth-order valence-corrected chi connectivity index (χ4v) is 1.49. The molecule has 0 spiro atoms. The summed E-state index contributed by atoms with van der Waals surface area (Å²) in [5.41, 5.74) is 0. The van der Waals surface area contributed by atoms with Crippen molar-refractivity contribution in [2.75, 3.05) is 13.2 Å². The van der Waals surface area contributed by atoms with Crippen LogP contribution in [0.1, 0.15) is 20.3 Å². The highest BCUT2D eigenvalue weighted by atomic mass is 35.5. The van der Waals surface area contributed by atoms with Gasteiger partial charge in [-0.3, -0.25) is 4.79 Å². The summed E-state index contributed by atoms with van der Waals surface area (Å²) in [5.74, 6) is -0.460. The summed E-state index contributed by atoms with van der Waals surface area (Å²) in [7, 11) is 0. The quantitative estimate of drug-likeness (QED) is 0.784. The Hall–Kier alpha value is -1.75. The number of benzene rings is 1. The van der Waals surface area contributed by atoms with Crippen molar-refractivity contribution in [3.8, 4) is 5.75 Å². The Labute approximate surface area is 123 Å². The Kier molecular flexibility index (Phi) is 6.87. The molecule has 1 aromatic carbocycles. The summed E-state index contributed by atoms with van der Waals surface area (Å²) in [6, 6.07) is 6.73. The molecule has 1 N–H and O–H groups in total. The zero-order valence-corrected chi connectivity index (χ0v) is 12.3. The van der Waals surface area contributed by atoms with Gasteiger partial charge in [0.1, 0.15) is 5.75 Å². The molecular formula is C14H18ClNO4. The van der Waals surface area contributed by atoms with Gasteiger partial charge in [-0.1, -0.05) is 24.6 Å². The van der Waals surface area contributed by atoms with Gasteiger partial charge in [-0.25, -0.2) is 4.79 Å². The zero-order valence-electron chi connectivity index (χ0n) is 11.5. The van der Waals surface area contributed by atoms with Gasteiger partial charge < -0.3 is 14.8 Å². The third-order valence-corrected chi connectivity index (χ3v) is 2.77. The number of amides is 1. The van der Waals surface area contributed by atoms with E-state index in [1.54, 1.807) is 24.3 Å². The molecule has 0 aliphatic carbocycles. The molecule has 0 radical (unpaired) electrons. The maximum atomic E-state index is 11.4. The molecule has 0 saturated heterocycles. The summed E-state index contributed by atoms with van der Waals surface area (Å²) in [4.78, 5) is 22.8. The first-order valence-electron chi connectivity index (χ1n) is 6.34. The van der Waals surface area contributed by atoms with Crippen molar-refractivity contribution in [2.24, 2.45) is 0 Å². The van der Waals surface area contributed by atoms with E-state index >= 15 is 0 Å². The molecule has 5 nitrogen and oxygen atoms in total. The SMILES string of the molecule is CC[C@@H](C)NC(=O)COC(=O)COc1cccc(Cl)c1. The highest BCUT2D eigenvalue weighted by molar-refractivity contribution is 6.30. The Morgan fingerprint density at radius 2 is 2.10 bits per heavy atom. The van der Waals surface area contributed by atoms with Gasteiger partial charge in [0.15, 0.2) is 13.2 Å². The second-order valence-corrected chi connectivity index (χ2v) is 4.72. The van der Waals surface area contributed by atoms with Gasteiger partial charge in [-0.2, -0.15) is 0 Å². The average Bonchev–Trinajstić information content (AvgIpc) is 2.42. The van der Waals surface area contributed by atoms with Crippen LogP contribution < -0.4 is 10.1 Å². The number of hydrogen-bond acceptors (Lipinski definition) is 4. The predicted molar refractivity (Wildman–Crippen MR) is 75.8 cm³/mol. The van der Waals surface area contributed by atoms with Crippen LogP contribution in [0.3, 0.4) is 0 Å². The molecule has 1 amide bonds. The molecular weight excluding hydrogens is 282 g/mol. The number of esters is 1. The van der Waals surface area contributed by atoms with Crippen LogP contribution in [0.25, 0.3) is 0 Å². The Morgan fingerprint density at radius 3 is 2.75 bits per heavy atom. The number of hydrogen-bond donors (Lipinski definition) is 1. The molecule has 110 valence electrons. The predicted octanol–water partition coefficient (Wildman–Crippen LogP) is 2.18. The van der Waals surface area contributed by atoms with E-state index < -0.39 is 5.97 Å². The van der Waals surface area contributed by atoms with Crippen molar-refractivity contribution in [3.63, 3.8) is 0 Å². The average molecular weight is 300 g/mol. The van der Waals surface area contributed by atoms with Crippen LogP contribution in [-0.2, 0) is 14.3 Å². The summed E-state index contributed by atoms with van der Waals surface area (Å²) >= 11 is 5.78. The van der Waals surface area contributed by atoms with E-state index in [0.717, 1.165) is 6.42 Å². The van der Waals surface area contributed by atoms with Crippen LogP contribution in [0.5, 0.6) is 5.75 Å². The highest BCUT2D eigenvalue weighted by Gasteiger charge is 2.10. The molecule has 1 atom stereocenters. The number of carbonyl (C=O) groups excluding carboxylic acids is 2. The van der Waals surface area contributed by atoms with Gasteiger partial charge in [0.2, 0.25) is 0 Å². The lowest BCUT2D eigenvalue weighted by molar-refractivity contribution is -0.150. The molecule has 0 unspecified atom stereocenters. The lowest BCUT2D eigenvalue weighted by atomic mass is 10.2. The van der Waals surface area contributed by atoms with E-state index in [9.17, 15) is 9.59 Å². The standard InChI is InChI=1S/C14H18ClNO4/c1-3-10(2)16-13(17)8-20-14(18)9-19-12-6-4-5-11(15)7-12/h4-7,10H,3,8-9H2,1-2H3,(H,16,17)/t10-/m1/s1. The first-order chi connectivity index (χ1) is 9.51. The van der Waals surface area contributed by atoms with Crippen LogP contribution in [0, 0.1) is 0 Å². The van der Waals surface area contributed by atoms with Crippen LogP contribution >= 0.6 is 11.6 Å². The Bertz CT molecular complexity index is 464. The molecule has 1 aromatic rings. The maximum absolute atomic E-state index is 11.4. The Balaban J connectivity index is 2.25. The summed E-state index contributed by atoms with van der Waals surface area (Å²) in [6.07, 6.45) is 0.817. The minimum absolute atomic E-state index is 0.0592. The molecule has 0 aliphatic rings. The maximum Gasteiger partial charge on any atom is 0.344 e. The number of nitrogens with one attached hydrogen (secondary N) is 1. The molecule has 0 aliphatic heterocycles. The van der Waals surface area contributed by atoms with E-state index in [2.05, 4.69) is 5.32 Å². The third-order valence-electron chi connectivity index (χ3n) is 2.54. The monoisotopic (exact) mass is 299 g/mol. The largest absolute Gasteiger partial charge is 0.482 e. The highest BCUT2D eigenvalue weighted by Crippen LogP contribution is 2.16. The van der Waals surface area contributed by atoms with E-state index in [1.165, 1.54) is 0 Å². The van der Waals surface area contributed by atoms with Crippen LogP contribution in [0.15, 0.2) is 24.3 Å². The van der Waals surface area contributed by atoms with E-state index in [0.29, 0.717) is 10.8 Å². The molecule has 0 bridgehead atoms. The number of carbonyl (C=O) groups is 2. The molecule has 20 heavy (non-hydrogen) atoms. The molecule has 6 heteroatoms. The third kappa shape index (κ3) is 6.43. The first kappa shape index (κ1) is 16.3. The van der Waals surface area contributed by atoms with Crippen molar-refractivity contribution in [2.45, 2.75) is 26.3 Å². The van der Waals surface area contributed by atoms with Crippen molar-refractivity contribution in [1.29, 1.82) is 0 Å².